The third-order valence-corrected chi connectivity index (χ3v) is 20.4. The summed E-state index contributed by atoms with van der Waals surface area (Å²) >= 11 is 28.1. The van der Waals surface area contributed by atoms with Crippen LogP contribution >= 0.6 is 104 Å². The minimum Gasteiger partial charge on any atom is -0.480 e. The van der Waals surface area contributed by atoms with Crippen molar-refractivity contribution < 1.29 is 19.4 Å². The lowest BCUT2D eigenvalue weighted by Gasteiger charge is -2.26. The lowest BCUT2D eigenvalue weighted by molar-refractivity contribution is -0.137. The van der Waals surface area contributed by atoms with Crippen molar-refractivity contribution in [2.24, 2.45) is 0 Å². The predicted molar refractivity (Wildman–Crippen MR) is 336 cm³/mol. The van der Waals surface area contributed by atoms with Crippen molar-refractivity contribution in [2.45, 2.75) is 0 Å². The van der Waals surface area contributed by atoms with E-state index in [1.165, 1.54) is 57.2 Å². The monoisotopic (exact) mass is 1180 g/mol. The Morgan fingerprint density at radius 2 is 1.03 bits per heavy atom. The van der Waals surface area contributed by atoms with E-state index in [2.05, 4.69) is 138 Å². The second-order valence-corrected chi connectivity index (χ2v) is 25.7. The molecule has 7 nitrogen and oxygen atoms in total. The number of carbonyl (C=O) groups is 2. The molecule has 0 spiro atoms. The van der Waals surface area contributed by atoms with Crippen LogP contribution in [-0.4, -0.2) is 39.9 Å². The Labute approximate surface area is 490 Å². The molecule has 0 radical (unpaired) electrons. The second-order valence-electron chi connectivity index (χ2n) is 17.6. The summed E-state index contributed by atoms with van der Waals surface area (Å²) in [4.78, 5) is 38.5. The Hall–Kier alpha value is -7.13. The van der Waals surface area contributed by atoms with E-state index in [0.29, 0.717) is 20.9 Å². The summed E-state index contributed by atoms with van der Waals surface area (Å²) in [6.07, 6.45) is 5.86. The first-order chi connectivity index (χ1) is 38.0. The van der Waals surface area contributed by atoms with Crippen molar-refractivity contribution in [3.05, 3.63) is 229 Å². The lowest BCUT2D eigenvalue weighted by atomic mass is 9.95. The largest absolute Gasteiger partial charge is 0.480 e. The first kappa shape index (κ1) is 52.9. The number of carbonyl (C=O) groups excluding carboxylic acids is 1. The van der Waals surface area contributed by atoms with Crippen LogP contribution in [0, 0.1) is 11.3 Å². The molecule has 382 valence electrons. The normalized spacial score (nSPS) is 12.9. The highest BCUT2D eigenvalue weighted by Crippen LogP contribution is 2.46. The number of thioether (sulfide) groups is 1. The number of benzene rings is 5. The van der Waals surface area contributed by atoms with E-state index in [4.69, 9.17) is 40.2 Å². The molecule has 1 aliphatic heterocycles. The van der Waals surface area contributed by atoms with Gasteiger partial charge >= 0.3 is 5.97 Å². The molecule has 0 saturated carbocycles. The van der Waals surface area contributed by atoms with Crippen molar-refractivity contribution in [1.82, 2.24) is 4.90 Å². The number of aliphatic carboxylic acids is 1. The second kappa shape index (κ2) is 23.9. The van der Waals surface area contributed by atoms with Gasteiger partial charge in [-0.2, -0.15) is 5.26 Å². The van der Waals surface area contributed by atoms with Gasteiger partial charge in [0.05, 0.1) is 6.54 Å². The highest BCUT2D eigenvalue weighted by atomic mass is 35.5. The molecular formula is C62H39Cl2N3O4S7. The number of thiophene rings is 5. The Bertz CT molecular complexity index is 3920. The molecule has 1 aliphatic rings. The molecule has 0 bridgehead atoms. The van der Waals surface area contributed by atoms with Gasteiger partial charge in [0, 0.05) is 86.9 Å². The lowest BCUT2D eigenvalue weighted by Crippen LogP contribution is -2.29. The molecule has 1 N–H and O–H groups in total. The summed E-state index contributed by atoms with van der Waals surface area (Å²) in [6, 6.07) is 64.7. The molecule has 78 heavy (non-hydrogen) atoms. The molecule has 0 atom stereocenters. The molecule has 0 aliphatic carbocycles. The highest BCUT2D eigenvalue weighted by molar-refractivity contribution is 8.25. The first-order valence-electron chi connectivity index (χ1n) is 24.0. The van der Waals surface area contributed by atoms with Gasteiger partial charge in [-0.05, 0) is 167 Å². The van der Waals surface area contributed by atoms with Crippen LogP contribution in [0.25, 0.3) is 73.9 Å². The molecule has 6 heterocycles. The van der Waals surface area contributed by atoms with Crippen LogP contribution in [0.15, 0.2) is 193 Å². The number of hydrogen-bond acceptors (Lipinski definition) is 12. The van der Waals surface area contributed by atoms with E-state index in [1.807, 2.05) is 66.7 Å². The molecule has 16 heteroatoms. The SMILES string of the molecule is N#CC(=Cc1ccc(-c2ccc(N(c3ccc(C=C(c4ccc(Cl)cc4)c4ccc(Cl)cc4)cc3)c3ccc(-c4ccc(-c5ccc(-c6ccc(-c7ccc(/C=C8/CN(CC(=O)O)C(=S)S8)s7)s6)s5)s4)cc3)cc2)s1)OC=O. The van der Waals surface area contributed by atoms with E-state index in [9.17, 15) is 20.0 Å². The van der Waals surface area contributed by atoms with Crippen molar-refractivity contribution in [2.75, 3.05) is 18.0 Å². The number of nitrogens with zero attached hydrogens (tertiary/aromatic N) is 3. The summed E-state index contributed by atoms with van der Waals surface area (Å²) < 4.78 is 5.41. The van der Waals surface area contributed by atoms with Crippen LogP contribution in [-0.2, 0) is 14.3 Å². The molecule has 0 unspecified atom stereocenters. The van der Waals surface area contributed by atoms with Crippen molar-refractivity contribution in [3.8, 4) is 56.2 Å². The van der Waals surface area contributed by atoms with Gasteiger partial charge in [0.15, 0.2) is 0 Å². The Kier molecular flexibility index (Phi) is 16.2. The van der Waals surface area contributed by atoms with Crippen LogP contribution in [0.3, 0.4) is 0 Å². The molecule has 5 aromatic carbocycles. The van der Waals surface area contributed by atoms with Crippen LogP contribution in [0.2, 0.25) is 10.0 Å². The summed E-state index contributed by atoms with van der Waals surface area (Å²) in [5.41, 5.74) is 9.22. The van der Waals surface area contributed by atoms with Gasteiger partial charge in [-0.1, -0.05) is 108 Å². The van der Waals surface area contributed by atoms with Crippen molar-refractivity contribution in [1.29, 1.82) is 5.26 Å². The van der Waals surface area contributed by atoms with Crippen LogP contribution < -0.4 is 4.90 Å². The fourth-order valence-electron chi connectivity index (χ4n) is 8.71. The first-order valence-corrected chi connectivity index (χ1v) is 30.0. The third kappa shape index (κ3) is 12.3. The van der Waals surface area contributed by atoms with Gasteiger partial charge in [0.25, 0.3) is 6.47 Å². The molecule has 1 saturated heterocycles. The number of thiocarbonyl (C=S) groups is 1. The summed E-state index contributed by atoms with van der Waals surface area (Å²) in [5, 5.41) is 20.0. The van der Waals surface area contributed by atoms with E-state index in [-0.39, 0.29) is 18.8 Å². The van der Waals surface area contributed by atoms with Gasteiger partial charge in [0.1, 0.15) is 16.9 Å². The summed E-state index contributed by atoms with van der Waals surface area (Å²) in [5.74, 6) is -0.948. The maximum atomic E-state index is 11.3. The quantitative estimate of drug-likeness (QED) is 0.0314. The number of rotatable bonds is 17. The van der Waals surface area contributed by atoms with E-state index >= 15 is 0 Å². The molecule has 11 rings (SSSR count). The zero-order valence-electron chi connectivity index (χ0n) is 40.7. The number of carboxylic acids is 1. The molecule has 10 aromatic rings. The number of allylic oxidation sites excluding steroid dienone is 1. The maximum absolute atomic E-state index is 11.3. The zero-order valence-corrected chi connectivity index (χ0v) is 47.9. The third-order valence-electron chi connectivity index (χ3n) is 12.4. The average molecular weight is 1190 g/mol. The van der Waals surface area contributed by atoms with E-state index < -0.39 is 5.97 Å². The van der Waals surface area contributed by atoms with Crippen molar-refractivity contribution in [3.63, 3.8) is 0 Å². The standard InChI is InChI=1S/C62H39Cl2N3O4S7/c63-43-11-3-39(4-12-43)52(40-5-13-44(64)14-6-40)31-38-1-15-45(16-2-38)67(46-17-7-41(8-18-46)53-23-21-49(73-53)32-48(34-65)71-37-68)47-19-9-42(10-20-47)54-25-26-57(76-54)58-29-30-60(78-58)59-28-27-56(77-59)55-24-22-50(74-55)33-51-35-66(36-61(69)70)62(72)75-51/h1-33,37H,35-36H2,(H,69,70)/b48-32?,51-33-. The average Bonchev–Trinajstić information content (AvgIpc) is 4.33. The Morgan fingerprint density at radius 3 is 1.54 bits per heavy atom. The van der Waals surface area contributed by atoms with Gasteiger partial charge in [0.2, 0.25) is 5.76 Å². The molecular weight excluding hydrogens is 1150 g/mol. The fraction of sp³-hybridized carbons (Fsp3) is 0.0323. The zero-order chi connectivity index (χ0) is 53.7. The number of ether oxygens (including phenoxy) is 1. The number of nitriles is 1. The molecule has 1 fully saturated rings. The number of hydrogen-bond donors (Lipinski definition) is 1. The summed E-state index contributed by atoms with van der Waals surface area (Å²) in [7, 11) is 0. The van der Waals surface area contributed by atoms with Gasteiger partial charge in [-0.3, -0.25) is 9.59 Å². The predicted octanol–water partition coefficient (Wildman–Crippen LogP) is 19.5. The Balaban J connectivity index is 0.840. The molecule has 0 amide bonds. The fourth-order valence-corrected chi connectivity index (χ4v) is 15.6. The van der Waals surface area contributed by atoms with Crippen molar-refractivity contribution >= 4 is 161 Å². The molecule has 5 aromatic heterocycles. The van der Waals surface area contributed by atoms with Gasteiger partial charge < -0.3 is 19.6 Å². The Morgan fingerprint density at radius 1 is 0.590 bits per heavy atom. The number of anilines is 3. The minimum atomic E-state index is -0.883. The topological polar surface area (TPSA) is 93.9 Å². The highest BCUT2D eigenvalue weighted by Gasteiger charge is 2.24. The van der Waals surface area contributed by atoms with E-state index in [1.54, 1.807) is 56.3 Å². The van der Waals surface area contributed by atoms with Gasteiger partial charge in [-0.25, -0.2) is 0 Å². The number of halogens is 2. The smallest absolute Gasteiger partial charge is 0.323 e. The van der Waals surface area contributed by atoms with Crippen LogP contribution in [0.5, 0.6) is 0 Å². The van der Waals surface area contributed by atoms with Crippen LogP contribution in [0.1, 0.15) is 26.4 Å². The van der Waals surface area contributed by atoms with Crippen LogP contribution in [0.4, 0.5) is 17.1 Å². The summed E-state index contributed by atoms with van der Waals surface area (Å²) in [6.45, 7) is 0.690. The van der Waals surface area contributed by atoms with Gasteiger partial charge in [-0.15, -0.1) is 56.7 Å². The maximum Gasteiger partial charge on any atom is 0.323 e. The van der Waals surface area contributed by atoms with E-state index in [0.717, 1.165) is 70.0 Å². The minimum absolute atomic E-state index is 0.0645. The number of carboxylic acid groups (broad SMARTS) is 1.